The lowest BCUT2D eigenvalue weighted by molar-refractivity contribution is 0.306. The van der Waals surface area contributed by atoms with Gasteiger partial charge in [0.05, 0.1) is 12.2 Å². The highest BCUT2D eigenvalue weighted by Crippen LogP contribution is 2.25. The number of nitrogens with zero attached hydrogens (tertiary/aromatic N) is 2. The Morgan fingerprint density at radius 2 is 2.00 bits per heavy atom. The van der Waals surface area contributed by atoms with E-state index < -0.39 is 0 Å². The number of rotatable bonds is 1. The molecule has 0 radical (unpaired) electrons. The Balaban J connectivity index is 2.10. The number of hydrogen-bond acceptors (Lipinski definition) is 2. The Morgan fingerprint density at radius 1 is 1.27 bits per heavy atom. The molecule has 2 atom stereocenters. The van der Waals surface area contributed by atoms with Crippen molar-refractivity contribution < 1.29 is 0 Å². The predicted octanol–water partition coefficient (Wildman–Crippen LogP) is 2.41. The second kappa shape index (κ2) is 4.79. The lowest BCUT2D eigenvalue weighted by Crippen LogP contribution is -2.33. The minimum Gasteiger partial charge on any atom is -0.326 e. The van der Waals surface area contributed by atoms with Gasteiger partial charge < -0.3 is 5.73 Å². The van der Waals surface area contributed by atoms with Crippen molar-refractivity contribution in [2.24, 2.45) is 5.73 Å². The molecule has 2 unspecified atom stereocenters. The molecule has 0 aromatic carbocycles. The third kappa shape index (κ3) is 2.59. The number of hydrogen-bond donors (Lipinski definition) is 1. The first-order valence-corrected chi connectivity index (χ1v) is 6.04. The smallest absolute Gasteiger partial charge is 0.0670 e. The first kappa shape index (κ1) is 10.7. The van der Waals surface area contributed by atoms with Gasteiger partial charge in [0.2, 0.25) is 0 Å². The second-order valence-corrected chi connectivity index (χ2v) is 4.72. The van der Waals surface area contributed by atoms with Gasteiger partial charge in [-0.05, 0) is 25.3 Å². The van der Waals surface area contributed by atoms with Crippen LogP contribution in [0, 0.1) is 6.92 Å². The van der Waals surface area contributed by atoms with Crippen LogP contribution in [0.15, 0.2) is 12.4 Å². The zero-order valence-corrected chi connectivity index (χ0v) is 9.52. The molecule has 2 rings (SSSR count). The molecule has 3 heteroatoms. The number of aromatic nitrogens is 2. The van der Waals surface area contributed by atoms with Crippen molar-refractivity contribution in [3.05, 3.63) is 18.0 Å². The van der Waals surface area contributed by atoms with Crippen molar-refractivity contribution in [2.45, 2.75) is 57.5 Å². The fourth-order valence-corrected chi connectivity index (χ4v) is 2.44. The highest BCUT2D eigenvalue weighted by Gasteiger charge is 2.21. The first-order valence-electron chi connectivity index (χ1n) is 6.04. The number of aryl methyl sites for hydroxylation is 1. The lowest BCUT2D eigenvalue weighted by Gasteiger charge is -2.26. The predicted molar refractivity (Wildman–Crippen MR) is 61.7 cm³/mol. The first-order chi connectivity index (χ1) is 7.27. The van der Waals surface area contributed by atoms with Crippen LogP contribution in [0.3, 0.4) is 0 Å². The molecule has 0 bridgehead atoms. The van der Waals surface area contributed by atoms with Crippen LogP contribution in [0.1, 0.15) is 50.1 Å². The van der Waals surface area contributed by atoms with Gasteiger partial charge in [-0.15, -0.1) is 0 Å². The van der Waals surface area contributed by atoms with E-state index in [1.54, 1.807) is 0 Å². The van der Waals surface area contributed by atoms with Crippen LogP contribution in [0.4, 0.5) is 0 Å². The molecule has 0 saturated heterocycles. The van der Waals surface area contributed by atoms with Crippen LogP contribution >= 0.6 is 0 Å². The molecular formula is C12H21N3. The molecular weight excluding hydrogens is 186 g/mol. The summed E-state index contributed by atoms with van der Waals surface area (Å²) in [4.78, 5) is 0. The maximum atomic E-state index is 6.23. The normalized spacial score (nSPS) is 28.4. The molecule has 84 valence electrons. The van der Waals surface area contributed by atoms with E-state index in [1.165, 1.54) is 37.7 Å². The van der Waals surface area contributed by atoms with Crippen molar-refractivity contribution in [2.75, 3.05) is 0 Å². The Kier molecular flexibility index (Phi) is 3.41. The van der Waals surface area contributed by atoms with Gasteiger partial charge in [0, 0.05) is 12.2 Å². The van der Waals surface area contributed by atoms with Crippen molar-refractivity contribution in [1.29, 1.82) is 0 Å². The minimum absolute atomic E-state index is 0.282. The van der Waals surface area contributed by atoms with E-state index in [0.29, 0.717) is 6.04 Å². The molecule has 1 aromatic heterocycles. The van der Waals surface area contributed by atoms with Crippen LogP contribution in [-0.2, 0) is 0 Å². The molecule has 1 aliphatic carbocycles. The standard InChI is InChI=1S/C12H21N3/c1-10-8-14-15(9-10)12-7-5-3-2-4-6-11(12)13/h8-9,11-12H,2-7,13H2,1H3. The lowest BCUT2D eigenvalue weighted by atomic mass is 9.93. The Labute approximate surface area is 91.7 Å². The van der Waals surface area contributed by atoms with Crippen LogP contribution < -0.4 is 5.73 Å². The molecule has 0 amide bonds. The van der Waals surface area contributed by atoms with E-state index >= 15 is 0 Å². The third-order valence-corrected chi connectivity index (χ3v) is 3.35. The van der Waals surface area contributed by atoms with E-state index in [1.807, 2.05) is 6.20 Å². The average molecular weight is 207 g/mol. The fraction of sp³-hybridized carbons (Fsp3) is 0.750. The topological polar surface area (TPSA) is 43.8 Å². The van der Waals surface area contributed by atoms with E-state index in [-0.39, 0.29) is 6.04 Å². The summed E-state index contributed by atoms with van der Waals surface area (Å²) in [6.45, 7) is 2.08. The summed E-state index contributed by atoms with van der Waals surface area (Å²) in [5, 5.41) is 4.40. The zero-order chi connectivity index (χ0) is 10.7. The van der Waals surface area contributed by atoms with Gasteiger partial charge in [-0.1, -0.05) is 25.7 Å². The van der Waals surface area contributed by atoms with Gasteiger partial charge in [0.25, 0.3) is 0 Å². The van der Waals surface area contributed by atoms with Gasteiger partial charge in [0.15, 0.2) is 0 Å². The molecule has 1 aliphatic rings. The maximum Gasteiger partial charge on any atom is 0.0670 e. The van der Waals surface area contributed by atoms with E-state index in [9.17, 15) is 0 Å². The Hall–Kier alpha value is -0.830. The molecule has 15 heavy (non-hydrogen) atoms. The molecule has 1 aromatic rings. The summed E-state index contributed by atoms with van der Waals surface area (Å²) in [6, 6.07) is 0.698. The molecule has 1 saturated carbocycles. The maximum absolute atomic E-state index is 6.23. The van der Waals surface area contributed by atoms with Gasteiger partial charge in [-0.25, -0.2) is 0 Å². The Bertz CT molecular complexity index is 306. The second-order valence-electron chi connectivity index (χ2n) is 4.72. The van der Waals surface area contributed by atoms with E-state index in [4.69, 9.17) is 5.73 Å². The summed E-state index contributed by atoms with van der Waals surface area (Å²) < 4.78 is 2.07. The van der Waals surface area contributed by atoms with Gasteiger partial charge in [-0.2, -0.15) is 5.10 Å². The number of nitrogens with two attached hydrogens (primary N) is 1. The molecule has 2 N–H and O–H groups in total. The summed E-state index contributed by atoms with van der Waals surface area (Å²) in [7, 11) is 0. The SMILES string of the molecule is Cc1cnn(C2CCCCCCC2N)c1. The summed E-state index contributed by atoms with van der Waals surface area (Å²) in [5.41, 5.74) is 7.46. The van der Waals surface area contributed by atoms with Crippen molar-refractivity contribution in [3.8, 4) is 0 Å². The van der Waals surface area contributed by atoms with E-state index in [2.05, 4.69) is 22.9 Å². The molecule has 1 fully saturated rings. The van der Waals surface area contributed by atoms with Crippen LogP contribution in [0.2, 0.25) is 0 Å². The summed E-state index contributed by atoms with van der Waals surface area (Å²) in [5.74, 6) is 0. The Morgan fingerprint density at radius 3 is 2.67 bits per heavy atom. The highest BCUT2D eigenvalue weighted by atomic mass is 15.3. The van der Waals surface area contributed by atoms with Crippen molar-refractivity contribution in [1.82, 2.24) is 9.78 Å². The van der Waals surface area contributed by atoms with Crippen LogP contribution in [0.25, 0.3) is 0 Å². The summed E-state index contributed by atoms with van der Waals surface area (Å²) >= 11 is 0. The monoisotopic (exact) mass is 207 g/mol. The fourth-order valence-electron chi connectivity index (χ4n) is 2.44. The third-order valence-electron chi connectivity index (χ3n) is 3.35. The zero-order valence-electron chi connectivity index (χ0n) is 9.52. The van der Waals surface area contributed by atoms with Crippen LogP contribution in [0.5, 0.6) is 0 Å². The quantitative estimate of drug-likeness (QED) is 0.768. The van der Waals surface area contributed by atoms with Crippen molar-refractivity contribution >= 4 is 0 Å². The molecule has 3 nitrogen and oxygen atoms in total. The largest absolute Gasteiger partial charge is 0.326 e. The molecule has 0 aliphatic heterocycles. The highest BCUT2D eigenvalue weighted by molar-refractivity contribution is 5.01. The van der Waals surface area contributed by atoms with Crippen LogP contribution in [-0.4, -0.2) is 15.8 Å². The average Bonchev–Trinajstić information content (AvgIpc) is 2.59. The van der Waals surface area contributed by atoms with Crippen molar-refractivity contribution in [3.63, 3.8) is 0 Å². The minimum atomic E-state index is 0.282. The van der Waals surface area contributed by atoms with Gasteiger partial charge in [0.1, 0.15) is 0 Å². The van der Waals surface area contributed by atoms with E-state index in [0.717, 1.165) is 6.42 Å². The molecule has 1 heterocycles. The molecule has 0 spiro atoms. The summed E-state index contributed by atoms with van der Waals surface area (Å²) in [6.07, 6.45) is 11.6. The van der Waals surface area contributed by atoms with Gasteiger partial charge in [-0.3, -0.25) is 4.68 Å². The van der Waals surface area contributed by atoms with Gasteiger partial charge >= 0.3 is 0 Å².